The summed E-state index contributed by atoms with van der Waals surface area (Å²) >= 11 is 1.41. The number of ether oxygens (including phenoxy) is 1. The van der Waals surface area contributed by atoms with Crippen molar-refractivity contribution >= 4 is 17.7 Å². The Morgan fingerprint density at radius 3 is 2.83 bits per heavy atom. The van der Waals surface area contributed by atoms with E-state index in [0.717, 1.165) is 12.8 Å². The Morgan fingerprint density at radius 1 is 1.61 bits per heavy atom. The minimum Gasteiger partial charge on any atom is -0.469 e. The normalized spacial score (nSPS) is 15.7. The molecule has 1 aromatic rings. The van der Waals surface area contributed by atoms with E-state index in [1.54, 1.807) is 4.57 Å². The van der Waals surface area contributed by atoms with E-state index in [1.165, 1.54) is 18.9 Å². The first kappa shape index (κ1) is 13.2. The van der Waals surface area contributed by atoms with Crippen LogP contribution in [-0.4, -0.2) is 33.6 Å². The zero-order valence-electron chi connectivity index (χ0n) is 10.7. The summed E-state index contributed by atoms with van der Waals surface area (Å²) in [6.07, 6.45) is 2.04. The lowest BCUT2D eigenvalue weighted by Gasteiger charge is -2.20. The first-order valence-electron chi connectivity index (χ1n) is 5.84. The zero-order chi connectivity index (χ0) is 13.3. The Hall–Kier alpha value is -1.24. The van der Waals surface area contributed by atoms with E-state index in [4.69, 9.17) is 4.74 Å². The summed E-state index contributed by atoms with van der Waals surface area (Å²) in [7, 11) is 1.38. The van der Waals surface area contributed by atoms with Crippen LogP contribution in [0.15, 0.2) is 9.95 Å². The lowest BCUT2D eigenvalue weighted by Crippen LogP contribution is -2.28. The van der Waals surface area contributed by atoms with E-state index >= 15 is 0 Å². The van der Waals surface area contributed by atoms with Gasteiger partial charge < -0.3 is 4.74 Å². The van der Waals surface area contributed by atoms with Gasteiger partial charge in [-0.3, -0.25) is 9.36 Å². The number of hydrogen-bond acceptors (Lipinski definition) is 5. The predicted octanol–water partition coefficient (Wildman–Crippen LogP) is 1.20. The van der Waals surface area contributed by atoms with Crippen LogP contribution in [0.3, 0.4) is 0 Å². The van der Waals surface area contributed by atoms with Gasteiger partial charge in [-0.25, -0.2) is 9.89 Å². The van der Waals surface area contributed by atoms with Gasteiger partial charge in [0.2, 0.25) is 0 Å². The van der Waals surface area contributed by atoms with Gasteiger partial charge in [0.05, 0.1) is 12.5 Å². The molecule has 0 bridgehead atoms. The number of thioether (sulfide) groups is 1. The van der Waals surface area contributed by atoms with Crippen LogP contribution in [-0.2, 0) is 9.53 Å². The maximum atomic E-state index is 11.6. The molecule has 1 aliphatic rings. The number of aromatic nitrogens is 3. The Bertz CT molecular complexity index is 502. The molecule has 0 radical (unpaired) electrons. The van der Waals surface area contributed by atoms with E-state index < -0.39 is 5.41 Å². The van der Waals surface area contributed by atoms with Gasteiger partial charge in [-0.05, 0) is 26.7 Å². The second-order valence-corrected chi connectivity index (χ2v) is 6.02. The third kappa shape index (κ3) is 2.60. The molecule has 100 valence electrons. The van der Waals surface area contributed by atoms with Gasteiger partial charge in [0.1, 0.15) is 0 Å². The smallest absolute Gasteiger partial charge is 0.344 e. The molecular weight excluding hydrogens is 254 g/mol. The van der Waals surface area contributed by atoms with E-state index in [0.29, 0.717) is 10.9 Å². The Labute approximate surface area is 109 Å². The van der Waals surface area contributed by atoms with Gasteiger partial charge in [0, 0.05) is 11.8 Å². The maximum Gasteiger partial charge on any atom is 0.344 e. The number of nitrogens with zero attached hydrogens (tertiary/aromatic N) is 2. The molecule has 0 aromatic carbocycles. The van der Waals surface area contributed by atoms with Gasteiger partial charge in [-0.1, -0.05) is 11.8 Å². The van der Waals surface area contributed by atoms with Gasteiger partial charge in [-0.15, -0.1) is 5.10 Å². The number of carbonyl (C=O) groups excluding carboxylic acids is 1. The maximum absolute atomic E-state index is 11.6. The lowest BCUT2D eigenvalue weighted by molar-refractivity contribution is -0.149. The zero-order valence-corrected chi connectivity index (χ0v) is 11.5. The van der Waals surface area contributed by atoms with Crippen molar-refractivity contribution < 1.29 is 9.53 Å². The molecule has 1 aromatic heterocycles. The number of methoxy groups -OCH3 is 1. The van der Waals surface area contributed by atoms with Crippen LogP contribution in [0.1, 0.15) is 32.7 Å². The third-order valence-electron chi connectivity index (χ3n) is 2.88. The van der Waals surface area contributed by atoms with Crippen molar-refractivity contribution in [1.29, 1.82) is 0 Å². The minimum atomic E-state index is -0.594. The molecule has 0 spiro atoms. The monoisotopic (exact) mass is 271 g/mol. The third-order valence-corrected chi connectivity index (χ3v) is 4.30. The van der Waals surface area contributed by atoms with Crippen LogP contribution in [0.25, 0.3) is 0 Å². The molecule has 18 heavy (non-hydrogen) atoms. The molecule has 0 aliphatic heterocycles. The molecule has 6 nitrogen and oxygen atoms in total. The van der Waals surface area contributed by atoms with Crippen molar-refractivity contribution in [2.45, 2.75) is 37.9 Å². The highest BCUT2D eigenvalue weighted by atomic mass is 32.2. The molecular formula is C11H17N3O3S. The highest BCUT2D eigenvalue weighted by molar-refractivity contribution is 7.99. The van der Waals surface area contributed by atoms with Crippen LogP contribution in [0.4, 0.5) is 0 Å². The molecule has 0 amide bonds. The Kier molecular flexibility index (Phi) is 3.52. The highest BCUT2D eigenvalue weighted by Gasteiger charge is 2.32. The van der Waals surface area contributed by atoms with E-state index in [-0.39, 0.29) is 17.7 Å². The molecule has 0 atom stereocenters. The van der Waals surface area contributed by atoms with Gasteiger partial charge in [0.25, 0.3) is 0 Å². The fourth-order valence-electron chi connectivity index (χ4n) is 1.63. The average Bonchev–Trinajstić information content (AvgIpc) is 3.10. The highest BCUT2D eigenvalue weighted by Crippen LogP contribution is 2.37. The van der Waals surface area contributed by atoms with E-state index in [1.807, 2.05) is 13.8 Å². The topological polar surface area (TPSA) is 77.0 Å². The standard InChI is InChI=1S/C11H17N3O3S/c1-11(2,8(15)17-3)6-18-10-13-12-9(16)14(10)7-4-5-7/h7H,4-6H2,1-3H3,(H,12,16). The van der Waals surface area contributed by atoms with Crippen molar-refractivity contribution in [3.63, 3.8) is 0 Å². The fourth-order valence-corrected chi connectivity index (χ4v) is 2.72. The fraction of sp³-hybridized carbons (Fsp3) is 0.727. The second kappa shape index (κ2) is 4.79. The number of nitrogens with one attached hydrogen (secondary N) is 1. The van der Waals surface area contributed by atoms with Crippen molar-refractivity contribution in [2.24, 2.45) is 5.41 Å². The molecule has 0 saturated heterocycles. The number of aromatic amines is 1. The van der Waals surface area contributed by atoms with Crippen molar-refractivity contribution in [3.8, 4) is 0 Å². The van der Waals surface area contributed by atoms with Gasteiger partial charge in [-0.2, -0.15) is 0 Å². The number of esters is 1. The summed E-state index contributed by atoms with van der Waals surface area (Å²) in [4.78, 5) is 23.1. The Morgan fingerprint density at radius 2 is 2.28 bits per heavy atom. The van der Waals surface area contributed by atoms with Crippen LogP contribution in [0.5, 0.6) is 0 Å². The summed E-state index contributed by atoms with van der Waals surface area (Å²) < 4.78 is 6.43. The molecule has 1 heterocycles. The number of hydrogen-bond donors (Lipinski definition) is 1. The van der Waals surface area contributed by atoms with E-state index in [9.17, 15) is 9.59 Å². The summed E-state index contributed by atoms with van der Waals surface area (Å²) in [6.45, 7) is 3.64. The predicted molar refractivity (Wildman–Crippen MR) is 67.6 cm³/mol. The quantitative estimate of drug-likeness (QED) is 0.643. The van der Waals surface area contributed by atoms with Crippen molar-refractivity contribution in [1.82, 2.24) is 14.8 Å². The second-order valence-electron chi connectivity index (χ2n) is 5.08. The number of carbonyl (C=O) groups is 1. The van der Waals surface area contributed by atoms with Gasteiger partial charge in [0.15, 0.2) is 5.16 Å². The summed E-state index contributed by atoms with van der Waals surface area (Å²) in [6, 6.07) is 0.278. The Balaban J connectivity index is 2.06. The molecule has 1 fully saturated rings. The number of H-pyrrole nitrogens is 1. The van der Waals surface area contributed by atoms with Crippen molar-refractivity contribution in [3.05, 3.63) is 10.5 Å². The molecule has 1 aliphatic carbocycles. The summed E-state index contributed by atoms with van der Waals surface area (Å²) in [5.74, 6) is 0.266. The SMILES string of the molecule is COC(=O)C(C)(C)CSc1n[nH]c(=O)n1C1CC1. The molecule has 2 rings (SSSR count). The van der Waals surface area contributed by atoms with Crippen molar-refractivity contribution in [2.75, 3.05) is 12.9 Å². The van der Waals surface area contributed by atoms with Crippen LogP contribution in [0.2, 0.25) is 0 Å². The number of rotatable bonds is 5. The molecule has 7 heteroatoms. The first-order chi connectivity index (χ1) is 8.45. The average molecular weight is 271 g/mol. The van der Waals surface area contributed by atoms with E-state index in [2.05, 4.69) is 10.2 Å². The lowest BCUT2D eigenvalue weighted by atomic mass is 9.97. The molecule has 0 unspecified atom stereocenters. The molecule has 1 saturated carbocycles. The minimum absolute atomic E-state index is 0.170. The first-order valence-corrected chi connectivity index (χ1v) is 6.82. The summed E-state index contributed by atoms with van der Waals surface area (Å²) in [5, 5.41) is 7.11. The molecule has 1 N–H and O–H groups in total. The van der Waals surface area contributed by atoms with Crippen LogP contribution in [0, 0.1) is 5.41 Å². The van der Waals surface area contributed by atoms with Gasteiger partial charge >= 0.3 is 11.7 Å². The van der Waals surface area contributed by atoms with Crippen LogP contribution >= 0.6 is 11.8 Å². The largest absolute Gasteiger partial charge is 0.469 e. The van der Waals surface area contributed by atoms with Crippen LogP contribution < -0.4 is 5.69 Å². The summed E-state index contributed by atoms with van der Waals surface area (Å²) in [5.41, 5.74) is -0.765.